The molecule has 2 aromatic heterocycles. The van der Waals surface area contributed by atoms with Crippen molar-refractivity contribution < 1.29 is 23.5 Å². The number of aryl methyl sites for hydroxylation is 2. The first-order valence-corrected chi connectivity index (χ1v) is 13.7. The first kappa shape index (κ1) is 27.2. The van der Waals surface area contributed by atoms with Gasteiger partial charge in [-0.25, -0.2) is 14.4 Å². The Bertz CT molecular complexity index is 1750. The summed E-state index contributed by atoms with van der Waals surface area (Å²) in [6.07, 6.45) is 4.25. The van der Waals surface area contributed by atoms with Gasteiger partial charge in [-0.2, -0.15) is 0 Å². The maximum atomic E-state index is 12.0. The van der Waals surface area contributed by atoms with Crippen molar-refractivity contribution in [2.75, 3.05) is 36.0 Å². The molecule has 0 radical (unpaired) electrons. The fraction of sp³-hybridized carbons (Fsp3) is 0.355. The summed E-state index contributed by atoms with van der Waals surface area (Å²) < 4.78 is 10.6. The quantitative estimate of drug-likeness (QED) is 0.272. The molecule has 0 bridgehead atoms. The Morgan fingerprint density at radius 3 is 2.25 bits per heavy atom. The molecule has 4 aromatic rings. The van der Waals surface area contributed by atoms with Gasteiger partial charge >= 0.3 is 17.2 Å². The van der Waals surface area contributed by atoms with Gasteiger partial charge in [-0.05, 0) is 82.3 Å². The minimum atomic E-state index is -1.27. The maximum Gasteiger partial charge on any atom is 0.351 e. The van der Waals surface area contributed by atoms with E-state index >= 15 is 0 Å². The first-order chi connectivity index (χ1) is 19.2. The van der Waals surface area contributed by atoms with Crippen LogP contribution in [-0.4, -0.2) is 43.0 Å². The zero-order valence-electron chi connectivity index (χ0n) is 22.9. The van der Waals surface area contributed by atoms with E-state index in [1.807, 2.05) is 19.9 Å². The Kier molecular flexibility index (Phi) is 7.47. The van der Waals surface area contributed by atoms with Crippen molar-refractivity contribution in [3.63, 3.8) is 0 Å². The smallest absolute Gasteiger partial charge is 0.351 e. The fourth-order valence-corrected chi connectivity index (χ4v) is 5.73. The number of carbonyl (C=O) groups is 2. The lowest BCUT2D eigenvalue weighted by atomic mass is 9.90. The van der Waals surface area contributed by atoms with Gasteiger partial charge in [-0.3, -0.25) is 4.79 Å². The average molecular weight is 545 g/mol. The summed E-state index contributed by atoms with van der Waals surface area (Å²) in [5.74, 6) is -1.51. The van der Waals surface area contributed by atoms with Gasteiger partial charge < -0.3 is 23.7 Å². The molecule has 2 aliphatic heterocycles. The normalized spacial score (nSPS) is 13.9. The number of ketones is 1. The second-order valence-electron chi connectivity index (χ2n) is 10.1. The van der Waals surface area contributed by atoms with Gasteiger partial charge in [0.1, 0.15) is 22.3 Å². The first-order valence-electron chi connectivity index (χ1n) is 13.7. The number of nitrogens with zero attached hydrogens (tertiary/aromatic N) is 2. The summed E-state index contributed by atoms with van der Waals surface area (Å²) in [5.41, 5.74) is 4.25. The Balaban J connectivity index is 0.000000162. The third-order valence-corrected chi connectivity index (χ3v) is 7.67. The van der Waals surface area contributed by atoms with E-state index in [4.69, 9.17) is 13.9 Å². The molecule has 40 heavy (non-hydrogen) atoms. The maximum absolute atomic E-state index is 12.0. The largest absolute Gasteiger partial charge is 0.477 e. The molecule has 0 fully saturated rings. The molecular weight excluding hydrogens is 512 g/mol. The highest BCUT2D eigenvalue weighted by molar-refractivity contribution is 5.98. The van der Waals surface area contributed by atoms with Crippen molar-refractivity contribution in [1.29, 1.82) is 0 Å². The molecule has 208 valence electrons. The number of Topliss-reactive ketones (excluding diaryl/α,β-unsaturated/α-hetero) is 1. The van der Waals surface area contributed by atoms with Crippen molar-refractivity contribution >= 4 is 45.1 Å². The van der Waals surface area contributed by atoms with Crippen molar-refractivity contribution in [1.82, 2.24) is 0 Å². The summed E-state index contributed by atoms with van der Waals surface area (Å²) in [6.45, 7) is 9.35. The second kappa shape index (κ2) is 11.0. The molecule has 6 rings (SSSR count). The van der Waals surface area contributed by atoms with Crippen LogP contribution in [0.4, 0.5) is 11.4 Å². The number of aromatic carboxylic acids is 1. The molecule has 2 aliphatic rings. The number of hydrogen-bond acceptors (Lipinski definition) is 8. The Morgan fingerprint density at radius 1 is 0.900 bits per heavy atom. The number of anilines is 2. The highest BCUT2D eigenvalue weighted by atomic mass is 16.4. The van der Waals surface area contributed by atoms with Crippen LogP contribution in [0.3, 0.4) is 0 Å². The van der Waals surface area contributed by atoms with Crippen LogP contribution in [0.15, 0.2) is 54.8 Å². The lowest BCUT2D eigenvalue weighted by molar-refractivity contribution is 0.0692. The molecule has 4 heterocycles. The zero-order valence-corrected chi connectivity index (χ0v) is 22.9. The van der Waals surface area contributed by atoms with Gasteiger partial charge in [0.25, 0.3) is 0 Å². The molecule has 9 heteroatoms. The van der Waals surface area contributed by atoms with Crippen LogP contribution in [0.25, 0.3) is 21.9 Å². The van der Waals surface area contributed by atoms with Crippen LogP contribution in [0.1, 0.15) is 65.5 Å². The van der Waals surface area contributed by atoms with Gasteiger partial charge in [-0.1, -0.05) is 0 Å². The van der Waals surface area contributed by atoms with Gasteiger partial charge in [-0.15, -0.1) is 0 Å². The predicted molar refractivity (Wildman–Crippen MR) is 154 cm³/mol. The minimum Gasteiger partial charge on any atom is -0.477 e. The summed E-state index contributed by atoms with van der Waals surface area (Å²) >= 11 is 0. The monoisotopic (exact) mass is 544 g/mol. The molecule has 0 saturated carbocycles. The van der Waals surface area contributed by atoms with E-state index in [-0.39, 0.29) is 16.9 Å². The summed E-state index contributed by atoms with van der Waals surface area (Å²) in [4.78, 5) is 50.5. The van der Waals surface area contributed by atoms with Gasteiger partial charge in [0.05, 0.1) is 0 Å². The van der Waals surface area contributed by atoms with Crippen molar-refractivity contribution in [2.45, 2.75) is 46.5 Å². The number of carboxylic acids is 1. The molecule has 2 aromatic carbocycles. The minimum absolute atomic E-state index is 0.151. The van der Waals surface area contributed by atoms with Crippen LogP contribution < -0.4 is 21.1 Å². The van der Waals surface area contributed by atoms with E-state index < -0.39 is 17.2 Å². The van der Waals surface area contributed by atoms with Gasteiger partial charge in [0.2, 0.25) is 0 Å². The highest BCUT2D eigenvalue weighted by Crippen LogP contribution is 2.39. The Hall–Kier alpha value is -4.40. The molecule has 0 spiro atoms. The summed E-state index contributed by atoms with van der Waals surface area (Å²) in [5, 5.41) is 10.4. The predicted octanol–water partition coefficient (Wildman–Crippen LogP) is 5.03. The fourth-order valence-electron chi connectivity index (χ4n) is 5.73. The number of carboxylic acid groups (broad SMARTS) is 1. The van der Waals surface area contributed by atoms with Gasteiger partial charge in [0, 0.05) is 60.0 Å². The third-order valence-electron chi connectivity index (χ3n) is 7.67. The van der Waals surface area contributed by atoms with E-state index in [9.17, 15) is 19.2 Å². The molecule has 0 saturated heterocycles. The van der Waals surface area contributed by atoms with Crippen LogP contribution in [0, 0.1) is 0 Å². The van der Waals surface area contributed by atoms with Crippen LogP contribution in [0.5, 0.6) is 0 Å². The van der Waals surface area contributed by atoms with Crippen LogP contribution in [0.2, 0.25) is 0 Å². The Morgan fingerprint density at radius 2 is 1.57 bits per heavy atom. The van der Waals surface area contributed by atoms with E-state index in [2.05, 4.69) is 15.9 Å². The van der Waals surface area contributed by atoms with E-state index in [0.29, 0.717) is 16.6 Å². The van der Waals surface area contributed by atoms with Crippen LogP contribution in [-0.2, 0) is 12.8 Å². The lowest BCUT2D eigenvalue weighted by Gasteiger charge is -2.37. The SMILES string of the molecule is CC(=O)c1cc2cc3c4c(c2oc1=O)CCCN4CCC3.CCN(CC)c1ccc2cc(C(=O)O)c(=O)oc2c1. The van der Waals surface area contributed by atoms with Gasteiger partial charge in [0.15, 0.2) is 5.78 Å². The van der Waals surface area contributed by atoms with E-state index in [1.54, 1.807) is 18.2 Å². The molecular formula is C31H32N2O7. The van der Waals surface area contributed by atoms with Crippen molar-refractivity contribution in [3.8, 4) is 0 Å². The zero-order chi connectivity index (χ0) is 28.6. The molecule has 0 unspecified atom stereocenters. The van der Waals surface area contributed by atoms with Crippen molar-refractivity contribution in [2.24, 2.45) is 0 Å². The van der Waals surface area contributed by atoms with E-state index in [0.717, 1.165) is 68.5 Å². The number of benzene rings is 2. The van der Waals surface area contributed by atoms with E-state index in [1.165, 1.54) is 24.2 Å². The number of carbonyl (C=O) groups excluding carboxylic acids is 1. The number of fused-ring (bicyclic) bond motifs is 3. The molecule has 1 N–H and O–H groups in total. The summed E-state index contributed by atoms with van der Waals surface area (Å²) in [6, 6.07) is 10.6. The topological polar surface area (TPSA) is 121 Å². The molecule has 0 atom stereocenters. The molecule has 0 aliphatic carbocycles. The Labute approximate surface area is 230 Å². The standard InChI is InChI=1S/C17H17NO3.C14H15NO4/c1-10(19)14-9-12-8-11-4-2-6-18-7-3-5-13(15(11)18)16(12)21-17(14)20;1-3-15(4-2)10-6-5-9-7-11(13(16)17)14(18)19-12(9)8-10/h8-9H,2-7H2,1H3;5-8H,3-4H2,1-2H3,(H,16,17). The third kappa shape index (κ3) is 4.99. The van der Waals surface area contributed by atoms with Crippen LogP contribution >= 0.6 is 0 Å². The number of hydrogen-bond donors (Lipinski definition) is 1. The average Bonchev–Trinajstić information content (AvgIpc) is 2.94. The second-order valence-corrected chi connectivity index (χ2v) is 10.1. The molecule has 0 amide bonds. The lowest BCUT2D eigenvalue weighted by Crippen LogP contribution is -2.34. The highest BCUT2D eigenvalue weighted by Gasteiger charge is 2.27. The number of rotatable bonds is 5. The van der Waals surface area contributed by atoms with Crippen molar-refractivity contribution in [3.05, 3.63) is 79.5 Å². The molecule has 9 nitrogen and oxygen atoms in total. The summed E-state index contributed by atoms with van der Waals surface area (Å²) in [7, 11) is 0.